The Morgan fingerprint density at radius 1 is 1.39 bits per heavy atom. The van der Waals surface area contributed by atoms with Gasteiger partial charge in [0.2, 0.25) is 0 Å². The van der Waals surface area contributed by atoms with Gasteiger partial charge in [0, 0.05) is 18.8 Å². The van der Waals surface area contributed by atoms with Crippen LogP contribution < -0.4 is 5.32 Å². The normalized spacial score (nSPS) is 11.2. The Bertz CT molecular complexity index is 534. The summed E-state index contributed by atoms with van der Waals surface area (Å²) in [5, 5.41) is 8.23. The molecule has 0 saturated heterocycles. The third kappa shape index (κ3) is 3.09. The van der Waals surface area contributed by atoms with Gasteiger partial charge in [-0.3, -0.25) is 0 Å². The Labute approximate surface area is 112 Å². The predicted octanol–water partition coefficient (Wildman–Crippen LogP) is 2.73. The zero-order chi connectivity index (χ0) is 13.1. The van der Waals surface area contributed by atoms with Gasteiger partial charge in [0.1, 0.15) is 0 Å². The van der Waals surface area contributed by atoms with Crippen molar-refractivity contribution in [2.45, 2.75) is 33.4 Å². The Morgan fingerprint density at radius 2 is 2.17 bits per heavy atom. The van der Waals surface area contributed by atoms with Crippen LogP contribution in [-0.4, -0.2) is 20.8 Å². The van der Waals surface area contributed by atoms with Gasteiger partial charge in [0.15, 0.2) is 5.82 Å². The average molecular weight is 265 g/mol. The van der Waals surface area contributed by atoms with Crippen molar-refractivity contribution < 1.29 is 0 Å². The molecular weight excluding hydrogens is 248 g/mol. The van der Waals surface area contributed by atoms with Crippen molar-refractivity contribution in [3.63, 3.8) is 0 Å². The lowest BCUT2D eigenvalue weighted by molar-refractivity contribution is 0.580. The zero-order valence-electron chi connectivity index (χ0n) is 10.8. The Balaban J connectivity index is 2.25. The molecule has 0 radical (unpaired) electrons. The maximum absolute atomic E-state index is 6.14. The Morgan fingerprint density at radius 3 is 2.78 bits per heavy atom. The molecule has 5 heteroatoms. The quantitative estimate of drug-likeness (QED) is 0.923. The Hall–Kier alpha value is -1.39. The van der Waals surface area contributed by atoms with Gasteiger partial charge in [-0.1, -0.05) is 25.4 Å². The van der Waals surface area contributed by atoms with Gasteiger partial charge >= 0.3 is 0 Å². The van der Waals surface area contributed by atoms with Gasteiger partial charge in [-0.25, -0.2) is 9.67 Å². The Kier molecular flexibility index (Phi) is 3.99. The van der Waals surface area contributed by atoms with Crippen LogP contribution in [0.5, 0.6) is 0 Å². The van der Waals surface area contributed by atoms with Crippen LogP contribution in [0.2, 0.25) is 5.02 Å². The number of hydrogen-bond acceptors (Lipinski definition) is 3. The minimum absolute atomic E-state index is 0.401. The van der Waals surface area contributed by atoms with Crippen molar-refractivity contribution in [3.05, 3.63) is 40.8 Å². The van der Waals surface area contributed by atoms with Gasteiger partial charge in [-0.2, -0.15) is 5.10 Å². The fourth-order valence-electron chi connectivity index (χ4n) is 1.56. The van der Waals surface area contributed by atoms with Crippen molar-refractivity contribution in [1.82, 2.24) is 20.1 Å². The lowest BCUT2D eigenvalue weighted by atomic mass is 10.3. The van der Waals surface area contributed by atoms with E-state index in [-0.39, 0.29) is 0 Å². The highest BCUT2D eigenvalue weighted by atomic mass is 35.5. The maximum Gasteiger partial charge on any atom is 0.153 e. The van der Waals surface area contributed by atoms with Gasteiger partial charge < -0.3 is 5.32 Å². The molecule has 0 aliphatic carbocycles. The molecule has 0 spiro atoms. The minimum atomic E-state index is 0.401. The summed E-state index contributed by atoms with van der Waals surface area (Å²) in [6.45, 7) is 6.84. The molecule has 4 nitrogen and oxygen atoms in total. The summed E-state index contributed by atoms with van der Waals surface area (Å²) in [4.78, 5) is 4.53. The minimum Gasteiger partial charge on any atom is -0.309 e. The third-order valence-electron chi connectivity index (χ3n) is 2.53. The second kappa shape index (κ2) is 5.50. The van der Waals surface area contributed by atoms with E-state index in [1.807, 2.05) is 31.5 Å². The highest BCUT2D eigenvalue weighted by Gasteiger charge is 2.06. The van der Waals surface area contributed by atoms with E-state index in [4.69, 9.17) is 11.6 Å². The standard InChI is InChI=1S/C13H17ClN4/c1-9(2)15-7-12-11(14)4-5-13(17-12)18-8-10(3)6-16-18/h4-6,8-9,15H,7H2,1-3H3. The smallest absolute Gasteiger partial charge is 0.153 e. The number of aromatic nitrogens is 3. The van der Waals surface area contributed by atoms with Gasteiger partial charge in [-0.15, -0.1) is 0 Å². The van der Waals surface area contributed by atoms with Gasteiger partial charge in [0.25, 0.3) is 0 Å². The third-order valence-corrected chi connectivity index (χ3v) is 2.87. The summed E-state index contributed by atoms with van der Waals surface area (Å²) in [5.74, 6) is 0.785. The first-order valence-electron chi connectivity index (χ1n) is 5.96. The molecule has 0 saturated carbocycles. The van der Waals surface area contributed by atoms with Crippen LogP contribution in [0.1, 0.15) is 25.1 Å². The first-order chi connectivity index (χ1) is 8.56. The molecule has 18 heavy (non-hydrogen) atoms. The molecule has 1 N–H and O–H groups in total. The largest absolute Gasteiger partial charge is 0.309 e. The van der Waals surface area contributed by atoms with E-state index in [2.05, 4.69) is 29.2 Å². The predicted molar refractivity (Wildman–Crippen MR) is 73.1 cm³/mol. The van der Waals surface area contributed by atoms with Gasteiger partial charge in [0.05, 0.1) is 16.9 Å². The molecular formula is C13H17ClN4. The summed E-state index contributed by atoms with van der Waals surface area (Å²) in [7, 11) is 0. The van der Waals surface area contributed by atoms with E-state index < -0.39 is 0 Å². The van der Waals surface area contributed by atoms with Crippen LogP contribution >= 0.6 is 11.6 Å². The summed E-state index contributed by atoms with van der Waals surface area (Å²) < 4.78 is 1.75. The van der Waals surface area contributed by atoms with Crippen LogP contribution in [0, 0.1) is 6.92 Å². The second-order valence-corrected chi connectivity index (χ2v) is 5.00. The molecule has 0 atom stereocenters. The van der Waals surface area contributed by atoms with Crippen LogP contribution in [0.4, 0.5) is 0 Å². The van der Waals surface area contributed by atoms with Crippen molar-refractivity contribution in [1.29, 1.82) is 0 Å². The first kappa shape index (κ1) is 13.1. The average Bonchev–Trinajstić information content (AvgIpc) is 2.74. The van der Waals surface area contributed by atoms with Crippen LogP contribution in [-0.2, 0) is 6.54 Å². The summed E-state index contributed by atoms with van der Waals surface area (Å²) in [6.07, 6.45) is 3.75. The number of nitrogens with zero attached hydrogens (tertiary/aromatic N) is 3. The van der Waals surface area contributed by atoms with Gasteiger partial charge in [-0.05, 0) is 24.6 Å². The molecule has 0 aliphatic heterocycles. The summed E-state index contributed by atoms with van der Waals surface area (Å²) in [5.41, 5.74) is 1.95. The molecule has 0 amide bonds. The van der Waals surface area contributed by atoms with E-state index in [9.17, 15) is 0 Å². The van der Waals surface area contributed by atoms with Crippen LogP contribution in [0.25, 0.3) is 5.82 Å². The second-order valence-electron chi connectivity index (χ2n) is 4.60. The molecule has 96 valence electrons. The lowest BCUT2D eigenvalue weighted by Gasteiger charge is -2.10. The molecule has 2 heterocycles. The highest BCUT2D eigenvalue weighted by molar-refractivity contribution is 6.31. The van der Waals surface area contributed by atoms with E-state index in [1.165, 1.54) is 0 Å². The van der Waals surface area contributed by atoms with E-state index in [1.54, 1.807) is 4.68 Å². The molecule has 0 aromatic carbocycles. The number of rotatable bonds is 4. The topological polar surface area (TPSA) is 42.7 Å². The van der Waals surface area contributed by atoms with E-state index in [0.29, 0.717) is 17.6 Å². The molecule has 2 aromatic rings. The highest BCUT2D eigenvalue weighted by Crippen LogP contribution is 2.16. The lowest BCUT2D eigenvalue weighted by Crippen LogP contribution is -2.22. The maximum atomic E-state index is 6.14. The number of aryl methyl sites for hydroxylation is 1. The van der Waals surface area contributed by atoms with Crippen molar-refractivity contribution in [2.24, 2.45) is 0 Å². The van der Waals surface area contributed by atoms with Crippen molar-refractivity contribution in [3.8, 4) is 5.82 Å². The molecule has 0 bridgehead atoms. The molecule has 0 aliphatic rings. The zero-order valence-corrected chi connectivity index (χ0v) is 11.6. The van der Waals surface area contributed by atoms with Crippen LogP contribution in [0.15, 0.2) is 24.5 Å². The summed E-state index contributed by atoms with van der Waals surface area (Å²) in [6, 6.07) is 4.13. The number of halogens is 1. The molecule has 2 rings (SSSR count). The first-order valence-corrected chi connectivity index (χ1v) is 6.34. The monoisotopic (exact) mass is 264 g/mol. The SMILES string of the molecule is Cc1cnn(-c2ccc(Cl)c(CNC(C)C)n2)c1. The van der Waals surface area contributed by atoms with E-state index in [0.717, 1.165) is 17.1 Å². The fourth-order valence-corrected chi connectivity index (χ4v) is 1.74. The fraction of sp³-hybridized carbons (Fsp3) is 0.385. The number of pyridine rings is 1. The number of nitrogens with one attached hydrogen (secondary N) is 1. The van der Waals surface area contributed by atoms with E-state index >= 15 is 0 Å². The molecule has 0 fully saturated rings. The summed E-state index contributed by atoms with van der Waals surface area (Å²) >= 11 is 6.14. The van der Waals surface area contributed by atoms with Crippen LogP contribution in [0.3, 0.4) is 0 Å². The van der Waals surface area contributed by atoms with Crippen molar-refractivity contribution >= 4 is 11.6 Å². The molecule has 0 unspecified atom stereocenters. The number of hydrogen-bond donors (Lipinski definition) is 1. The van der Waals surface area contributed by atoms with Crippen molar-refractivity contribution in [2.75, 3.05) is 0 Å². The molecule has 2 aromatic heterocycles.